The standard InChI is InChI=1S/C13H17N3O/c14-13(15-17)11-3-1-2-4-12(11)16-8-9-5-6-10(16)7-9/h1-4,9-10,17H,5-8H2,(H2,14,15). The van der Waals surface area contributed by atoms with E-state index < -0.39 is 0 Å². The molecule has 0 spiro atoms. The number of hydrogen-bond acceptors (Lipinski definition) is 3. The first-order valence-corrected chi connectivity index (χ1v) is 6.13. The van der Waals surface area contributed by atoms with Crippen molar-refractivity contribution in [2.45, 2.75) is 25.3 Å². The molecule has 1 heterocycles. The molecular weight excluding hydrogens is 214 g/mol. The molecule has 1 saturated heterocycles. The second-order valence-electron chi connectivity index (χ2n) is 4.99. The molecule has 1 aromatic carbocycles. The number of nitrogens with two attached hydrogens (primary N) is 1. The third-order valence-corrected chi connectivity index (χ3v) is 4.01. The largest absolute Gasteiger partial charge is 0.409 e. The molecule has 90 valence electrons. The van der Waals surface area contributed by atoms with Gasteiger partial charge in [0.05, 0.1) is 0 Å². The Hall–Kier alpha value is -1.71. The van der Waals surface area contributed by atoms with Crippen molar-refractivity contribution in [1.29, 1.82) is 0 Å². The predicted molar refractivity (Wildman–Crippen MR) is 67.4 cm³/mol. The quantitative estimate of drug-likeness (QED) is 0.353. The molecule has 17 heavy (non-hydrogen) atoms. The van der Waals surface area contributed by atoms with E-state index in [2.05, 4.69) is 16.1 Å². The van der Waals surface area contributed by atoms with Gasteiger partial charge in [0.15, 0.2) is 5.84 Å². The van der Waals surface area contributed by atoms with Crippen LogP contribution in [0.2, 0.25) is 0 Å². The number of oxime groups is 1. The van der Waals surface area contributed by atoms with Gasteiger partial charge in [-0.2, -0.15) is 0 Å². The molecule has 4 nitrogen and oxygen atoms in total. The van der Waals surface area contributed by atoms with Gasteiger partial charge >= 0.3 is 0 Å². The van der Waals surface area contributed by atoms with Crippen LogP contribution in [0.3, 0.4) is 0 Å². The van der Waals surface area contributed by atoms with Crippen LogP contribution < -0.4 is 10.6 Å². The molecule has 4 heteroatoms. The molecule has 0 radical (unpaired) electrons. The zero-order chi connectivity index (χ0) is 11.8. The molecule has 0 aromatic heterocycles. The minimum Gasteiger partial charge on any atom is -0.409 e. The molecule has 2 bridgehead atoms. The van der Waals surface area contributed by atoms with Crippen molar-refractivity contribution in [2.75, 3.05) is 11.4 Å². The van der Waals surface area contributed by atoms with Crippen LogP contribution in [-0.4, -0.2) is 23.6 Å². The normalized spacial score (nSPS) is 27.8. The Morgan fingerprint density at radius 3 is 2.82 bits per heavy atom. The van der Waals surface area contributed by atoms with E-state index in [-0.39, 0.29) is 5.84 Å². The number of piperidine rings is 1. The van der Waals surface area contributed by atoms with E-state index in [4.69, 9.17) is 10.9 Å². The van der Waals surface area contributed by atoms with Crippen LogP contribution in [0.15, 0.2) is 29.4 Å². The molecule has 1 aliphatic carbocycles. The van der Waals surface area contributed by atoms with Gasteiger partial charge < -0.3 is 15.8 Å². The van der Waals surface area contributed by atoms with Crippen LogP contribution in [-0.2, 0) is 0 Å². The molecule has 2 unspecified atom stereocenters. The van der Waals surface area contributed by atoms with Gasteiger partial charge in [-0.15, -0.1) is 0 Å². The first-order valence-electron chi connectivity index (χ1n) is 6.13. The highest BCUT2D eigenvalue weighted by atomic mass is 16.4. The number of para-hydroxylation sites is 1. The Balaban J connectivity index is 1.98. The van der Waals surface area contributed by atoms with Crippen molar-refractivity contribution < 1.29 is 5.21 Å². The summed E-state index contributed by atoms with van der Waals surface area (Å²) in [5.41, 5.74) is 7.68. The van der Waals surface area contributed by atoms with E-state index >= 15 is 0 Å². The number of benzene rings is 1. The molecule has 2 aliphatic rings. The average Bonchev–Trinajstić information content (AvgIpc) is 3.00. The Labute approximate surface area is 101 Å². The van der Waals surface area contributed by atoms with Gasteiger partial charge in [-0.3, -0.25) is 0 Å². The van der Waals surface area contributed by atoms with Gasteiger partial charge in [0.2, 0.25) is 0 Å². The van der Waals surface area contributed by atoms with Gasteiger partial charge in [-0.25, -0.2) is 0 Å². The van der Waals surface area contributed by atoms with Gasteiger partial charge in [0.25, 0.3) is 0 Å². The summed E-state index contributed by atoms with van der Waals surface area (Å²) in [6.07, 6.45) is 3.92. The number of amidine groups is 1. The fourth-order valence-corrected chi connectivity index (χ4v) is 3.21. The van der Waals surface area contributed by atoms with Crippen LogP contribution in [0.5, 0.6) is 0 Å². The Bertz CT molecular complexity index is 458. The number of rotatable bonds is 2. The summed E-state index contributed by atoms with van der Waals surface area (Å²) in [4.78, 5) is 2.42. The number of anilines is 1. The van der Waals surface area contributed by atoms with E-state index in [1.54, 1.807) is 0 Å². The van der Waals surface area contributed by atoms with Crippen LogP contribution in [0.25, 0.3) is 0 Å². The van der Waals surface area contributed by atoms with Crippen LogP contribution >= 0.6 is 0 Å². The summed E-state index contributed by atoms with van der Waals surface area (Å²) < 4.78 is 0. The van der Waals surface area contributed by atoms with Gasteiger partial charge in [0.1, 0.15) is 0 Å². The lowest BCUT2D eigenvalue weighted by molar-refractivity contribution is 0.318. The smallest absolute Gasteiger partial charge is 0.172 e. The zero-order valence-electron chi connectivity index (χ0n) is 9.71. The Morgan fingerprint density at radius 2 is 2.18 bits per heavy atom. The molecule has 3 N–H and O–H groups in total. The molecule has 1 aliphatic heterocycles. The number of hydrogen-bond donors (Lipinski definition) is 2. The minimum absolute atomic E-state index is 0.198. The molecule has 0 amide bonds. The van der Waals surface area contributed by atoms with Gasteiger partial charge in [-0.05, 0) is 37.3 Å². The fourth-order valence-electron chi connectivity index (χ4n) is 3.21. The van der Waals surface area contributed by atoms with Crippen molar-refractivity contribution >= 4 is 11.5 Å². The lowest BCUT2D eigenvalue weighted by Crippen LogP contribution is -2.33. The second kappa shape index (κ2) is 3.95. The van der Waals surface area contributed by atoms with Gasteiger partial charge in [-0.1, -0.05) is 17.3 Å². The minimum atomic E-state index is 0.198. The maximum absolute atomic E-state index is 8.83. The lowest BCUT2D eigenvalue weighted by atomic mass is 10.1. The van der Waals surface area contributed by atoms with Crippen molar-refractivity contribution in [1.82, 2.24) is 0 Å². The molecule has 3 rings (SSSR count). The molecular formula is C13H17N3O. The van der Waals surface area contributed by atoms with E-state index in [1.165, 1.54) is 19.3 Å². The van der Waals surface area contributed by atoms with E-state index in [0.29, 0.717) is 6.04 Å². The fraction of sp³-hybridized carbons (Fsp3) is 0.462. The number of nitrogens with zero attached hydrogens (tertiary/aromatic N) is 2. The monoisotopic (exact) mass is 231 g/mol. The first-order chi connectivity index (χ1) is 8.29. The first kappa shape index (κ1) is 10.4. The lowest BCUT2D eigenvalue weighted by Gasteiger charge is -2.30. The highest BCUT2D eigenvalue weighted by molar-refractivity contribution is 6.02. The predicted octanol–water partition coefficient (Wildman–Crippen LogP) is 1.77. The Kier molecular flexibility index (Phi) is 2.42. The summed E-state index contributed by atoms with van der Waals surface area (Å²) in [5.74, 6) is 1.03. The summed E-state index contributed by atoms with van der Waals surface area (Å²) in [7, 11) is 0. The van der Waals surface area contributed by atoms with Crippen molar-refractivity contribution in [3.8, 4) is 0 Å². The maximum atomic E-state index is 8.83. The van der Waals surface area contributed by atoms with Gasteiger partial charge in [0, 0.05) is 23.8 Å². The molecule has 1 saturated carbocycles. The molecule has 2 fully saturated rings. The third kappa shape index (κ3) is 1.64. The summed E-state index contributed by atoms with van der Waals surface area (Å²) in [6, 6.07) is 8.55. The second-order valence-corrected chi connectivity index (χ2v) is 4.99. The Morgan fingerprint density at radius 1 is 1.35 bits per heavy atom. The highest BCUT2D eigenvalue weighted by Crippen LogP contribution is 2.41. The van der Waals surface area contributed by atoms with Crippen molar-refractivity contribution in [3.63, 3.8) is 0 Å². The zero-order valence-corrected chi connectivity index (χ0v) is 9.71. The van der Waals surface area contributed by atoms with Crippen molar-refractivity contribution in [2.24, 2.45) is 16.8 Å². The van der Waals surface area contributed by atoms with Crippen LogP contribution in [0.1, 0.15) is 24.8 Å². The average molecular weight is 231 g/mol. The van der Waals surface area contributed by atoms with Crippen LogP contribution in [0, 0.1) is 5.92 Å². The molecule has 2 atom stereocenters. The van der Waals surface area contributed by atoms with Crippen molar-refractivity contribution in [3.05, 3.63) is 29.8 Å². The molecule has 1 aromatic rings. The number of fused-ring (bicyclic) bond motifs is 2. The highest BCUT2D eigenvalue weighted by Gasteiger charge is 2.38. The van der Waals surface area contributed by atoms with E-state index in [0.717, 1.165) is 23.7 Å². The van der Waals surface area contributed by atoms with E-state index in [1.807, 2.05) is 18.2 Å². The van der Waals surface area contributed by atoms with Crippen LogP contribution in [0.4, 0.5) is 5.69 Å². The summed E-state index contributed by atoms with van der Waals surface area (Å²) in [6.45, 7) is 1.11. The summed E-state index contributed by atoms with van der Waals surface area (Å²) >= 11 is 0. The summed E-state index contributed by atoms with van der Waals surface area (Å²) in [5, 5.41) is 12.0. The maximum Gasteiger partial charge on any atom is 0.172 e. The third-order valence-electron chi connectivity index (χ3n) is 4.01. The SMILES string of the molecule is N/C(=N/O)c1ccccc1N1CC2CCC1C2. The topological polar surface area (TPSA) is 61.9 Å². The van der Waals surface area contributed by atoms with E-state index in [9.17, 15) is 0 Å².